The van der Waals surface area contributed by atoms with Gasteiger partial charge in [-0.1, -0.05) is 20.3 Å². The number of alkyl halides is 3. The molecule has 2 N–H and O–H groups in total. The Morgan fingerprint density at radius 3 is 2.67 bits per heavy atom. The number of aromatic nitrogens is 2. The fourth-order valence-electron chi connectivity index (χ4n) is 1.92. The number of hydrogen-bond acceptors (Lipinski definition) is 2. The molecule has 2 atom stereocenters. The van der Waals surface area contributed by atoms with E-state index in [1.807, 2.05) is 6.92 Å². The second kappa shape index (κ2) is 7.33. The van der Waals surface area contributed by atoms with Gasteiger partial charge in [-0.25, -0.2) is 4.79 Å². The molecule has 0 radical (unpaired) electrons. The van der Waals surface area contributed by atoms with Crippen molar-refractivity contribution < 1.29 is 18.0 Å². The van der Waals surface area contributed by atoms with Crippen molar-refractivity contribution in [3.05, 3.63) is 12.4 Å². The number of halogens is 3. The lowest BCUT2D eigenvalue weighted by Crippen LogP contribution is -2.36. The predicted octanol–water partition coefficient (Wildman–Crippen LogP) is 3.39. The van der Waals surface area contributed by atoms with Gasteiger partial charge in [0.1, 0.15) is 6.54 Å². The van der Waals surface area contributed by atoms with Gasteiger partial charge in [0.2, 0.25) is 0 Å². The number of carbonyl (C=O) groups excluding carboxylic acids is 1. The monoisotopic (exact) mass is 306 g/mol. The molecule has 0 aliphatic rings. The van der Waals surface area contributed by atoms with Crippen molar-refractivity contribution in [3.63, 3.8) is 0 Å². The molecule has 8 heteroatoms. The molecular weight excluding hydrogens is 285 g/mol. The average Bonchev–Trinajstić information content (AvgIpc) is 2.72. The van der Waals surface area contributed by atoms with E-state index in [1.54, 1.807) is 0 Å². The van der Waals surface area contributed by atoms with E-state index in [2.05, 4.69) is 29.6 Å². The van der Waals surface area contributed by atoms with Gasteiger partial charge in [0.05, 0.1) is 11.9 Å². The lowest BCUT2D eigenvalue weighted by Gasteiger charge is -2.17. The molecule has 5 nitrogen and oxygen atoms in total. The summed E-state index contributed by atoms with van der Waals surface area (Å²) >= 11 is 0. The average molecular weight is 306 g/mol. The summed E-state index contributed by atoms with van der Waals surface area (Å²) in [5.41, 5.74) is 0.229. The number of urea groups is 1. The zero-order valence-corrected chi connectivity index (χ0v) is 12.4. The lowest BCUT2D eigenvalue weighted by molar-refractivity contribution is -0.142. The molecule has 0 saturated carbocycles. The summed E-state index contributed by atoms with van der Waals surface area (Å²) in [6.45, 7) is 4.88. The molecule has 0 aromatic carbocycles. The molecular formula is C13H21F3N4O. The summed E-state index contributed by atoms with van der Waals surface area (Å²) in [4.78, 5) is 11.7. The van der Waals surface area contributed by atoms with Crippen molar-refractivity contribution in [2.75, 3.05) is 5.32 Å². The van der Waals surface area contributed by atoms with Gasteiger partial charge >= 0.3 is 12.2 Å². The zero-order valence-electron chi connectivity index (χ0n) is 12.4. The number of nitrogens with one attached hydrogen (secondary N) is 2. The summed E-state index contributed by atoms with van der Waals surface area (Å²) < 4.78 is 37.3. The Morgan fingerprint density at radius 1 is 1.43 bits per heavy atom. The van der Waals surface area contributed by atoms with E-state index < -0.39 is 18.8 Å². The van der Waals surface area contributed by atoms with Gasteiger partial charge in [-0.05, 0) is 19.3 Å². The molecule has 0 unspecified atom stereocenters. The summed E-state index contributed by atoms with van der Waals surface area (Å²) in [5.74, 6) is 0.495. The van der Waals surface area contributed by atoms with Gasteiger partial charge in [0.15, 0.2) is 0 Å². The number of amides is 2. The van der Waals surface area contributed by atoms with Gasteiger partial charge in [0, 0.05) is 12.2 Å². The Kier molecular flexibility index (Phi) is 6.04. The van der Waals surface area contributed by atoms with Crippen molar-refractivity contribution in [3.8, 4) is 0 Å². The van der Waals surface area contributed by atoms with E-state index >= 15 is 0 Å². The van der Waals surface area contributed by atoms with E-state index in [0.717, 1.165) is 23.7 Å². The second-order valence-electron chi connectivity index (χ2n) is 5.29. The van der Waals surface area contributed by atoms with Crippen LogP contribution in [0.1, 0.15) is 33.6 Å². The fourth-order valence-corrected chi connectivity index (χ4v) is 1.92. The van der Waals surface area contributed by atoms with Crippen LogP contribution < -0.4 is 10.6 Å². The Morgan fingerprint density at radius 2 is 2.10 bits per heavy atom. The van der Waals surface area contributed by atoms with E-state index in [9.17, 15) is 18.0 Å². The number of carbonyl (C=O) groups is 1. The lowest BCUT2D eigenvalue weighted by atomic mass is 10.0. The first-order valence-electron chi connectivity index (χ1n) is 6.86. The molecule has 0 fully saturated rings. The summed E-state index contributed by atoms with van der Waals surface area (Å²) in [7, 11) is 0. The Balaban J connectivity index is 2.44. The van der Waals surface area contributed by atoms with Crippen molar-refractivity contribution in [1.82, 2.24) is 15.1 Å². The zero-order chi connectivity index (χ0) is 16.0. The normalized spacial score (nSPS) is 14.6. The van der Waals surface area contributed by atoms with E-state index in [0.29, 0.717) is 5.92 Å². The van der Waals surface area contributed by atoms with Gasteiger partial charge in [-0.3, -0.25) is 4.68 Å². The molecule has 0 spiro atoms. The highest BCUT2D eigenvalue weighted by Crippen LogP contribution is 2.18. The van der Waals surface area contributed by atoms with Crippen LogP contribution in [0.5, 0.6) is 0 Å². The minimum absolute atomic E-state index is 0.00910. The van der Waals surface area contributed by atoms with Crippen molar-refractivity contribution in [2.24, 2.45) is 5.92 Å². The van der Waals surface area contributed by atoms with Gasteiger partial charge < -0.3 is 10.6 Å². The molecule has 1 aromatic rings. The van der Waals surface area contributed by atoms with Crippen LogP contribution in [-0.2, 0) is 6.54 Å². The first-order chi connectivity index (χ1) is 9.69. The van der Waals surface area contributed by atoms with E-state index in [1.165, 1.54) is 6.20 Å². The SMILES string of the molecule is CC[C@@H](C)C[C@@H](C)NC(=O)Nc1cnn(CC(F)(F)F)c1. The van der Waals surface area contributed by atoms with Crippen LogP contribution in [0.2, 0.25) is 0 Å². The smallest absolute Gasteiger partial charge is 0.335 e. The Bertz CT molecular complexity index is 459. The molecule has 0 aliphatic carbocycles. The third-order valence-corrected chi connectivity index (χ3v) is 3.06. The van der Waals surface area contributed by atoms with Crippen LogP contribution in [0.15, 0.2) is 12.4 Å². The molecule has 1 rings (SSSR count). The number of anilines is 1. The maximum Gasteiger partial charge on any atom is 0.408 e. The van der Waals surface area contributed by atoms with Crippen LogP contribution in [0.25, 0.3) is 0 Å². The van der Waals surface area contributed by atoms with Crippen LogP contribution in [0.4, 0.5) is 23.7 Å². The molecule has 0 bridgehead atoms. The first-order valence-corrected chi connectivity index (χ1v) is 6.86. The highest BCUT2D eigenvalue weighted by molar-refractivity contribution is 5.89. The van der Waals surface area contributed by atoms with Crippen molar-refractivity contribution in [2.45, 2.75) is 52.4 Å². The van der Waals surface area contributed by atoms with Gasteiger partial charge in [-0.2, -0.15) is 18.3 Å². The number of nitrogens with zero attached hydrogens (tertiary/aromatic N) is 2. The maximum atomic E-state index is 12.2. The summed E-state index contributed by atoms with van der Waals surface area (Å²) in [6, 6.07) is -0.456. The largest absolute Gasteiger partial charge is 0.408 e. The minimum Gasteiger partial charge on any atom is -0.335 e. The third kappa shape index (κ3) is 7.01. The molecule has 120 valence electrons. The first kappa shape index (κ1) is 17.3. The predicted molar refractivity (Wildman–Crippen MR) is 74.0 cm³/mol. The molecule has 1 heterocycles. The molecule has 2 amide bonds. The van der Waals surface area contributed by atoms with E-state index in [-0.39, 0.29) is 11.7 Å². The molecule has 21 heavy (non-hydrogen) atoms. The molecule has 1 aromatic heterocycles. The fraction of sp³-hybridized carbons (Fsp3) is 0.692. The third-order valence-electron chi connectivity index (χ3n) is 3.06. The van der Waals surface area contributed by atoms with Crippen LogP contribution >= 0.6 is 0 Å². The van der Waals surface area contributed by atoms with Gasteiger partial charge in [-0.15, -0.1) is 0 Å². The standard InChI is InChI=1S/C13H21F3N4O/c1-4-9(2)5-10(3)18-12(21)19-11-6-17-20(7-11)8-13(14,15)16/h6-7,9-10H,4-5,8H2,1-3H3,(H2,18,19,21)/t9-,10-/m1/s1. The van der Waals surface area contributed by atoms with E-state index in [4.69, 9.17) is 0 Å². The molecule has 0 aliphatic heterocycles. The van der Waals surface area contributed by atoms with Gasteiger partial charge in [0.25, 0.3) is 0 Å². The minimum atomic E-state index is -4.34. The quantitative estimate of drug-likeness (QED) is 0.846. The molecule has 0 saturated heterocycles. The summed E-state index contributed by atoms with van der Waals surface area (Å²) in [5, 5.41) is 8.76. The van der Waals surface area contributed by atoms with Crippen LogP contribution in [-0.4, -0.2) is 28.0 Å². The van der Waals surface area contributed by atoms with Crippen LogP contribution in [0.3, 0.4) is 0 Å². The Labute approximate surface area is 121 Å². The van der Waals surface area contributed by atoms with Crippen molar-refractivity contribution >= 4 is 11.7 Å². The van der Waals surface area contributed by atoms with Crippen molar-refractivity contribution in [1.29, 1.82) is 0 Å². The van der Waals surface area contributed by atoms with Crippen LogP contribution in [0, 0.1) is 5.92 Å². The second-order valence-corrected chi connectivity index (χ2v) is 5.29. The number of hydrogen-bond donors (Lipinski definition) is 2. The maximum absolute atomic E-state index is 12.2. The number of rotatable bonds is 6. The highest BCUT2D eigenvalue weighted by atomic mass is 19.4. The highest BCUT2D eigenvalue weighted by Gasteiger charge is 2.28. The Hall–Kier alpha value is -1.73. The summed E-state index contributed by atoms with van der Waals surface area (Å²) in [6.07, 6.45) is -0.136. The topological polar surface area (TPSA) is 59.0 Å².